The normalized spacial score (nSPS) is 14.2. The van der Waals surface area contributed by atoms with Gasteiger partial charge in [-0.15, -0.1) is 0 Å². The molecule has 1 aromatic heterocycles. The second-order valence-corrected chi connectivity index (χ2v) is 10.9. The maximum absolute atomic E-state index is 14.3. The molecule has 0 amide bonds. The third kappa shape index (κ3) is 6.77. The summed E-state index contributed by atoms with van der Waals surface area (Å²) in [4.78, 5) is 7.75. The van der Waals surface area contributed by atoms with Gasteiger partial charge in [0.15, 0.2) is 11.6 Å². The first-order chi connectivity index (χ1) is 19.1. The Labute approximate surface area is 232 Å². The zero-order valence-corrected chi connectivity index (χ0v) is 23.0. The van der Waals surface area contributed by atoms with Gasteiger partial charge in [-0.2, -0.15) is 0 Å². The monoisotopic (exact) mass is 525 g/mol. The molecule has 0 saturated heterocycles. The highest BCUT2D eigenvalue weighted by molar-refractivity contribution is 5.68. The van der Waals surface area contributed by atoms with Gasteiger partial charge < -0.3 is 9.67 Å². The average molecular weight is 526 g/mol. The van der Waals surface area contributed by atoms with Gasteiger partial charge in [0.25, 0.3) is 0 Å². The SMILES string of the molecule is CCCCn1c(-c2ccccc2)nc(-c2ccccc2)c1CN(Cc1ccc(O)c(F)c1)CC1CCCCC1. The number of rotatable bonds is 11. The lowest BCUT2D eigenvalue weighted by atomic mass is 9.89. The molecule has 0 bridgehead atoms. The van der Waals surface area contributed by atoms with Crippen LogP contribution in [0.4, 0.5) is 4.39 Å². The van der Waals surface area contributed by atoms with Crippen LogP contribution in [0.1, 0.15) is 63.1 Å². The molecule has 5 heteroatoms. The van der Waals surface area contributed by atoms with Gasteiger partial charge in [0.1, 0.15) is 5.82 Å². The fourth-order valence-electron chi connectivity index (χ4n) is 5.88. The van der Waals surface area contributed by atoms with Gasteiger partial charge in [-0.25, -0.2) is 9.37 Å². The van der Waals surface area contributed by atoms with Gasteiger partial charge in [-0.05, 0) is 42.9 Å². The highest BCUT2D eigenvalue weighted by Gasteiger charge is 2.24. The highest BCUT2D eigenvalue weighted by atomic mass is 19.1. The quantitative estimate of drug-likeness (QED) is 0.214. The van der Waals surface area contributed by atoms with E-state index in [1.54, 1.807) is 0 Å². The summed E-state index contributed by atoms with van der Waals surface area (Å²) in [5.74, 6) is 0.788. The molecular formula is C34H40FN3O. The van der Waals surface area contributed by atoms with E-state index in [2.05, 4.69) is 64.9 Å². The minimum absolute atomic E-state index is 0.297. The Morgan fingerprint density at radius 3 is 2.26 bits per heavy atom. The van der Waals surface area contributed by atoms with E-state index in [0.29, 0.717) is 12.5 Å². The number of hydrogen-bond donors (Lipinski definition) is 1. The number of imidazole rings is 1. The first-order valence-corrected chi connectivity index (χ1v) is 14.5. The maximum Gasteiger partial charge on any atom is 0.165 e. The fraction of sp³-hybridized carbons (Fsp3) is 0.382. The van der Waals surface area contributed by atoms with Crippen LogP contribution in [0, 0.1) is 11.7 Å². The van der Waals surface area contributed by atoms with E-state index >= 15 is 0 Å². The number of halogens is 1. The number of nitrogens with zero attached hydrogens (tertiary/aromatic N) is 3. The molecule has 5 rings (SSSR count). The molecule has 204 valence electrons. The van der Waals surface area contributed by atoms with Crippen LogP contribution in [0.15, 0.2) is 78.9 Å². The minimum atomic E-state index is -0.561. The Bertz CT molecular complexity index is 1330. The van der Waals surface area contributed by atoms with Crippen LogP contribution >= 0.6 is 0 Å². The maximum atomic E-state index is 14.3. The summed E-state index contributed by atoms with van der Waals surface area (Å²) >= 11 is 0. The molecule has 1 saturated carbocycles. The molecule has 0 radical (unpaired) electrons. The van der Waals surface area contributed by atoms with Crippen molar-refractivity contribution in [2.45, 2.75) is 71.5 Å². The van der Waals surface area contributed by atoms with E-state index < -0.39 is 5.82 Å². The smallest absolute Gasteiger partial charge is 0.165 e. The van der Waals surface area contributed by atoms with Crippen LogP contribution < -0.4 is 0 Å². The number of unbranched alkanes of at least 4 members (excludes halogenated alkanes) is 1. The lowest BCUT2D eigenvalue weighted by molar-refractivity contribution is 0.183. The summed E-state index contributed by atoms with van der Waals surface area (Å²) in [5, 5.41) is 9.77. The van der Waals surface area contributed by atoms with Gasteiger partial charge in [-0.3, -0.25) is 4.90 Å². The van der Waals surface area contributed by atoms with Crippen LogP contribution in [0.25, 0.3) is 22.6 Å². The summed E-state index contributed by atoms with van der Waals surface area (Å²) in [5.41, 5.74) is 5.36. The Morgan fingerprint density at radius 2 is 1.59 bits per heavy atom. The van der Waals surface area contributed by atoms with Crippen molar-refractivity contribution in [1.29, 1.82) is 0 Å². The number of benzene rings is 3. The van der Waals surface area contributed by atoms with Crippen molar-refractivity contribution in [2.24, 2.45) is 5.92 Å². The molecule has 0 aliphatic heterocycles. The van der Waals surface area contributed by atoms with E-state index in [-0.39, 0.29) is 5.75 Å². The van der Waals surface area contributed by atoms with Crippen molar-refractivity contribution in [3.8, 4) is 28.4 Å². The summed E-state index contributed by atoms with van der Waals surface area (Å²) in [6.45, 7) is 5.46. The molecule has 1 heterocycles. The van der Waals surface area contributed by atoms with Crippen LogP contribution in [0.2, 0.25) is 0 Å². The van der Waals surface area contributed by atoms with Gasteiger partial charge in [0.05, 0.1) is 11.4 Å². The van der Waals surface area contributed by atoms with Crippen molar-refractivity contribution >= 4 is 0 Å². The molecule has 1 fully saturated rings. The lowest BCUT2D eigenvalue weighted by Gasteiger charge is -2.30. The molecule has 1 aliphatic carbocycles. The Kier molecular flexibility index (Phi) is 9.10. The van der Waals surface area contributed by atoms with Crippen molar-refractivity contribution in [3.63, 3.8) is 0 Å². The molecule has 3 aromatic carbocycles. The first-order valence-electron chi connectivity index (χ1n) is 14.5. The molecule has 1 N–H and O–H groups in total. The van der Waals surface area contributed by atoms with Crippen LogP contribution in [0.5, 0.6) is 5.75 Å². The Morgan fingerprint density at radius 1 is 0.897 bits per heavy atom. The molecule has 4 aromatic rings. The Hall–Kier alpha value is -3.44. The van der Waals surface area contributed by atoms with E-state index in [4.69, 9.17) is 4.98 Å². The van der Waals surface area contributed by atoms with Crippen LogP contribution in [0.3, 0.4) is 0 Å². The summed E-state index contributed by atoms with van der Waals surface area (Å²) < 4.78 is 16.7. The molecule has 0 spiro atoms. The summed E-state index contributed by atoms with van der Waals surface area (Å²) in [6.07, 6.45) is 8.56. The lowest BCUT2D eigenvalue weighted by Crippen LogP contribution is -2.31. The number of hydrogen-bond acceptors (Lipinski definition) is 3. The van der Waals surface area contributed by atoms with Crippen molar-refractivity contribution in [2.75, 3.05) is 6.54 Å². The average Bonchev–Trinajstić information content (AvgIpc) is 3.33. The third-order valence-electron chi connectivity index (χ3n) is 7.92. The van der Waals surface area contributed by atoms with Gasteiger partial charge >= 0.3 is 0 Å². The van der Waals surface area contributed by atoms with Crippen LogP contribution in [-0.4, -0.2) is 26.1 Å². The second kappa shape index (κ2) is 13.1. The van der Waals surface area contributed by atoms with Gasteiger partial charge in [0, 0.05) is 37.3 Å². The fourth-order valence-corrected chi connectivity index (χ4v) is 5.88. The van der Waals surface area contributed by atoms with Crippen molar-refractivity contribution in [3.05, 3.63) is 95.9 Å². The van der Waals surface area contributed by atoms with Crippen molar-refractivity contribution < 1.29 is 9.50 Å². The Balaban J connectivity index is 1.57. The first kappa shape index (κ1) is 27.1. The molecule has 0 unspecified atom stereocenters. The largest absolute Gasteiger partial charge is 0.505 e. The highest BCUT2D eigenvalue weighted by Crippen LogP contribution is 2.33. The van der Waals surface area contributed by atoms with Crippen LogP contribution in [-0.2, 0) is 19.6 Å². The minimum Gasteiger partial charge on any atom is -0.505 e. The van der Waals surface area contributed by atoms with E-state index in [1.165, 1.54) is 49.9 Å². The van der Waals surface area contributed by atoms with E-state index in [1.807, 2.05) is 18.2 Å². The molecule has 39 heavy (non-hydrogen) atoms. The topological polar surface area (TPSA) is 41.3 Å². The zero-order chi connectivity index (χ0) is 27.0. The summed E-state index contributed by atoms with van der Waals surface area (Å²) in [7, 11) is 0. The number of aromatic hydroxyl groups is 1. The second-order valence-electron chi connectivity index (χ2n) is 10.9. The van der Waals surface area contributed by atoms with Gasteiger partial charge in [-0.1, -0.05) is 99.3 Å². The molecular weight excluding hydrogens is 485 g/mol. The molecule has 1 aliphatic rings. The van der Waals surface area contributed by atoms with E-state index in [9.17, 15) is 9.50 Å². The predicted molar refractivity (Wildman–Crippen MR) is 157 cm³/mol. The molecule has 0 atom stereocenters. The van der Waals surface area contributed by atoms with Gasteiger partial charge in [0.2, 0.25) is 0 Å². The number of phenols is 1. The zero-order valence-electron chi connectivity index (χ0n) is 23.0. The van der Waals surface area contributed by atoms with Crippen molar-refractivity contribution in [1.82, 2.24) is 14.5 Å². The molecule has 4 nitrogen and oxygen atoms in total. The number of phenolic OH excluding ortho intramolecular Hbond substituents is 1. The standard InChI is InChI=1S/C34H40FN3O/c1-2-3-21-38-31(33(28-15-9-5-10-16-28)36-34(38)29-17-11-6-12-18-29)25-37(23-26-13-7-4-8-14-26)24-27-19-20-32(39)30(35)22-27/h5-6,9-12,15-20,22,26,39H,2-4,7-8,13-14,21,23-25H2,1H3. The van der Waals surface area contributed by atoms with E-state index in [0.717, 1.165) is 60.7 Å². The third-order valence-corrected chi connectivity index (χ3v) is 7.92. The summed E-state index contributed by atoms with van der Waals surface area (Å²) in [6, 6.07) is 25.7. The predicted octanol–water partition coefficient (Wildman–Crippen LogP) is 8.44. The number of aromatic nitrogens is 2.